The van der Waals surface area contributed by atoms with Crippen molar-refractivity contribution < 1.29 is 4.79 Å². The molecule has 4 heteroatoms. The maximum atomic E-state index is 11.3. The van der Waals surface area contributed by atoms with Gasteiger partial charge in [0.15, 0.2) is 5.12 Å². The minimum Gasteiger partial charge on any atom is -0.287 e. The molecule has 0 N–H and O–H groups in total. The van der Waals surface area contributed by atoms with Crippen LogP contribution in [-0.2, 0) is 4.79 Å². The first kappa shape index (κ1) is 13.5. The van der Waals surface area contributed by atoms with E-state index in [1.165, 1.54) is 17.1 Å². The highest BCUT2D eigenvalue weighted by Gasteiger charge is 2.21. The van der Waals surface area contributed by atoms with Crippen LogP contribution in [0.15, 0.2) is 53.7 Å². The molecule has 3 aromatic rings. The van der Waals surface area contributed by atoms with Gasteiger partial charge in [0.1, 0.15) is 5.37 Å². The largest absolute Gasteiger partial charge is 0.287 e. The molecule has 22 heavy (non-hydrogen) atoms. The summed E-state index contributed by atoms with van der Waals surface area (Å²) in [6.45, 7) is 0. The second-order valence-corrected chi connectivity index (χ2v) is 6.58. The summed E-state index contributed by atoms with van der Waals surface area (Å²) in [6.07, 6.45) is 5.27. The van der Waals surface area contributed by atoms with Gasteiger partial charge in [0, 0.05) is 35.2 Å². The van der Waals surface area contributed by atoms with Crippen molar-refractivity contribution >= 4 is 44.8 Å². The number of carbonyl (C=O) groups excluding carboxylic acids is 1. The summed E-state index contributed by atoms with van der Waals surface area (Å²) in [4.78, 5) is 20.5. The second-order valence-electron chi connectivity index (χ2n) is 5.35. The van der Waals surface area contributed by atoms with Crippen LogP contribution in [0.4, 0.5) is 0 Å². The summed E-state index contributed by atoms with van der Waals surface area (Å²) < 4.78 is 0. The van der Waals surface area contributed by atoms with Gasteiger partial charge in [0.05, 0.1) is 5.52 Å². The van der Waals surface area contributed by atoms with Crippen molar-refractivity contribution in [2.75, 3.05) is 0 Å². The fraction of sp³-hybridized carbons (Fsp3) is 0.167. The van der Waals surface area contributed by atoms with Gasteiger partial charge in [-0.2, -0.15) is 0 Å². The fourth-order valence-electron chi connectivity index (χ4n) is 2.82. The van der Waals surface area contributed by atoms with Crippen LogP contribution in [0.1, 0.15) is 18.4 Å². The summed E-state index contributed by atoms with van der Waals surface area (Å²) in [6, 6.07) is 14.3. The molecule has 1 aromatic heterocycles. The van der Waals surface area contributed by atoms with Gasteiger partial charge in [0.25, 0.3) is 0 Å². The van der Waals surface area contributed by atoms with Gasteiger partial charge in [-0.15, -0.1) is 0 Å². The Bertz CT molecular complexity index is 904. The van der Waals surface area contributed by atoms with E-state index in [4.69, 9.17) is 0 Å². The third kappa shape index (κ3) is 2.40. The first-order valence-corrected chi connectivity index (χ1v) is 8.18. The van der Waals surface area contributed by atoms with E-state index in [2.05, 4.69) is 28.2 Å². The number of hydrogen-bond acceptors (Lipinski definition) is 4. The number of hydrogen-bond donors (Lipinski definition) is 0. The highest BCUT2D eigenvalue weighted by Crippen LogP contribution is 2.30. The van der Waals surface area contributed by atoms with E-state index in [9.17, 15) is 4.79 Å². The van der Waals surface area contributed by atoms with Gasteiger partial charge in [-0.05, 0) is 17.9 Å². The molecule has 2 heterocycles. The molecule has 2 aromatic carbocycles. The zero-order valence-electron chi connectivity index (χ0n) is 11.9. The number of thioether (sulfide) groups is 1. The van der Waals surface area contributed by atoms with Crippen molar-refractivity contribution in [3.63, 3.8) is 0 Å². The molecule has 3 nitrogen and oxygen atoms in total. The first-order chi connectivity index (χ1) is 10.8. The van der Waals surface area contributed by atoms with Gasteiger partial charge < -0.3 is 0 Å². The van der Waals surface area contributed by atoms with Crippen molar-refractivity contribution in [1.82, 2.24) is 4.98 Å². The third-order valence-corrected chi connectivity index (χ3v) is 4.99. The van der Waals surface area contributed by atoms with Crippen LogP contribution in [0.5, 0.6) is 0 Å². The number of pyridine rings is 1. The number of aliphatic imine (C=N–C) groups is 1. The Hall–Kier alpha value is -2.20. The molecule has 1 saturated heterocycles. The maximum absolute atomic E-state index is 11.3. The standard InChI is InChI=1S/C18H14N2OS/c21-17-9-8-16(22-17)20-11-13-5-3-7-15-18(13)14-6-2-1-4-12(14)10-19-15/h1-7,10-11,16H,8-9H2. The fourth-order valence-corrected chi connectivity index (χ4v) is 3.72. The third-order valence-electron chi connectivity index (χ3n) is 3.89. The Balaban J connectivity index is 1.85. The predicted octanol–water partition coefficient (Wildman–Crippen LogP) is 4.19. The molecule has 108 valence electrons. The van der Waals surface area contributed by atoms with Crippen LogP contribution in [0.25, 0.3) is 21.7 Å². The lowest BCUT2D eigenvalue weighted by atomic mass is 10.0. The summed E-state index contributed by atoms with van der Waals surface area (Å²) in [5, 5.41) is 3.74. The summed E-state index contributed by atoms with van der Waals surface area (Å²) in [5.41, 5.74) is 2.03. The minimum atomic E-state index is 0.0608. The predicted molar refractivity (Wildman–Crippen MR) is 92.5 cm³/mol. The molecule has 0 amide bonds. The molecule has 0 radical (unpaired) electrons. The Morgan fingerprint density at radius 3 is 2.95 bits per heavy atom. The van der Waals surface area contributed by atoms with Gasteiger partial charge in [-0.25, -0.2) is 0 Å². The molecule has 0 spiro atoms. The van der Waals surface area contributed by atoms with E-state index in [1.807, 2.05) is 36.7 Å². The van der Waals surface area contributed by atoms with Gasteiger partial charge >= 0.3 is 0 Å². The number of rotatable bonds is 2. The summed E-state index contributed by atoms with van der Waals surface area (Å²) in [7, 11) is 0. The van der Waals surface area contributed by atoms with Crippen LogP contribution in [-0.4, -0.2) is 21.7 Å². The van der Waals surface area contributed by atoms with Gasteiger partial charge in [0.2, 0.25) is 0 Å². The lowest BCUT2D eigenvalue weighted by Gasteiger charge is -2.07. The van der Waals surface area contributed by atoms with E-state index < -0.39 is 0 Å². The molecule has 1 fully saturated rings. The lowest BCUT2D eigenvalue weighted by molar-refractivity contribution is -0.110. The Kier molecular flexibility index (Phi) is 3.39. The van der Waals surface area contributed by atoms with Crippen LogP contribution >= 0.6 is 11.8 Å². The molecule has 0 bridgehead atoms. The van der Waals surface area contributed by atoms with Crippen molar-refractivity contribution in [3.05, 3.63) is 54.2 Å². The molecule has 0 saturated carbocycles. The van der Waals surface area contributed by atoms with Gasteiger partial charge in [-0.3, -0.25) is 14.8 Å². The van der Waals surface area contributed by atoms with Crippen LogP contribution in [0, 0.1) is 0 Å². The molecule has 1 unspecified atom stereocenters. The minimum absolute atomic E-state index is 0.0608. The molecule has 1 aliphatic heterocycles. The number of fused-ring (bicyclic) bond motifs is 3. The second kappa shape index (κ2) is 5.54. The average Bonchev–Trinajstić information content (AvgIpc) is 2.98. The summed E-state index contributed by atoms with van der Waals surface area (Å²) >= 11 is 1.34. The molecule has 0 aliphatic carbocycles. The Labute approximate surface area is 132 Å². The van der Waals surface area contributed by atoms with E-state index in [-0.39, 0.29) is 10.5 Å². The van der Waals surface area contributed by atoms with E-state index >= 15 is 0 Å². The van der Waals surface area contributed by atoms with E-state index in [1.54, 1.807) is 0 Å². The molecule has 1 atom stereocenters. The number of carbonyl (C=O) groups is 1. The van der Waals surface area contributed by atoms with E-state index in [0.29, 0.717) is 6.42 Å². The van der Waals surface area contributed by atoms with Crippen LogP contribution < -0.4 is 0 Å². The van der Waals surface area contributed by atoms with Crippen molar-refractivity contribution in [2.45, 2.75) is 18.2 Å². The van der Waals surface area contributed by atoms with Crippen molar-refractivity contribution in [2.24, 2.45) is 4.99 Å². The van der Waals surface area contributed by atoms with Crippen LogP contribution in [0.2, 0.25) is 0 Å². The maximum Gasteiger partial charge on any atom is 0.191 e. The summed E-state index contributed by atoms with van der Waals surface area (Å²) in [5.74, 6) is 0. The molecular weight excluding hydrogens is 292 g/mol. The zero-order chi connectivity index (χ0) is 14.9. The number of benzene rings is 2. The molecule has 4 rings (SSSR count). The van der Waals surface area contributed by atoms with Crippen LogP contribution in [0.3, 0.4) is 0 Å². The Morgan fingerprint density at radius 1 is 1.18 bits per heavy atom. The zero-order valence-corrected chi connectivity index (χ0v) is 12.7. The normalized spacial score (nSPS) is 18.7. The van der Waals surface area contributed by atoms with E-state index in [0.717, 1.165) is 28.3 Å². The van der Waals surface area contributed by atoms with Crippen molar-refractivity contribution in [3.8, 4) is 0 Å². The smallest absolute Gasteiger partial charge is 0.191 e. The Morgan fingerprint density at radius 2 is 2.09 bits per heavy atom. The highest BCUT2D eigenvalue weighted by atomic mass is 32.2. The highest BCUT2D eigenvalue weighted by molar-refractivity contribution is 8.14. The SMILES string of the molecule is O=C1CCC(N=Cc2cccc3ncc4ccccc4c23)S1. The molecular formula is C18H14N2OS. The topological polar surface area (TPSA) is 42.3 Å². The van der Waals surface area contributed by atoms with Crippen molar-refractivity contribution in [1.29, 1.82) is 0 Å². The average molecular weight is 306 g/mol. The quantitative estimate of drug-likeness (QED) is 0.527. The van der Waals surface area contributed by atoms with Gasteiger partial charge in [-0.1, -0.05) is 48.2 Å². The lowest BCUT2D eigenvalue weighted by Crippen LogP contribution is -1.94. The monoisotopic (exact) mass is 306 g/mol. The first-order valence-electron chi connectivity index (χ1n) is 7.30. The number of nitrogens with zero attached hydrogens (tertiary/aromatic N) is 2. The number of aromatic nitrogens is 1. The molecule has 1 aliphatic rings.